The second-order valence-electron chi connectivity index (χ2n) is 5.53. The van der Waals surface area contributed by atoms with E-state index in [2.05, 4.69) is 10.0 Å². The van der Waals surface area contributed by atoms with E-state index >= 15 is 0 Å². The first-order valence-electron chi connectivity index (χ1n) is 6.63. The lowest BCUT2D eigenvalue weighted by Gasteiger charge is -2.19. The van der Waals surface area contributed by atoms with Gasteiger partial charge in [0.05, 0.1) is 4.90 Å². The highest BCUT2D eigenvalue weighted by Gasteiger charge is 2.15. The maximum atomic E-state index is 11.6. The van der Waals surface area contributed by atoms with E-state index in [0.29, 0.717) is 13.0 Å². The van der Waals surface area contributed by atoms with Gasteiger partial charge in [-0.2, -0.15) is 0 Å². The quantitative estimate of drug-likeness (QED) is 0.865. The van der Waals surface area contributed by atoms with Crippen molar-refractivity contribution < 1.29 is 17.9 Å². The molecule has 0 aliphatic rings. The number of rotatable bonds is 5. The van der Waals surface area contributed by atoms with E-state index in [1.165, 1.54) is 19.2 Å². The zero-order chi connectivity index (χ0) is 16.1. The highest BCUT2D eigenvalue weighted by atomic mass is 32.2. The third-order valence-corrected chi connectivity index (χ3v) is 4.01. The molecule has 0 unspecified atom stereocenters. The molecular weight excluding hydrogens is 292 g/mol. The molecule has 1 aromatic rings. The van der Waals surface area contributed by atoms with Crippen LogP contribution >= 0.6 is 0 Å². The van der Waals surface area contributed by atoms with Crippen LogP contribution in [0.25, 0.3) is 0 Å². The van der Waals surface area contributed by atoms with Gasteiger partial charge in [0.25, 0.3) is 0 Å². The number of sulfonamides is 1. The molecule has 0 spiro atoms. The molecule has 0 heterocycles. The Kier molecular flexibility index (Phi) is 5.74. The summed E-state index contributed by atoms with van der Waals surface area (Å²) in [4.78, 5) is 11.7. The van der Waals surface area contributed by atoms with E-state index in [1.54, 1.807) is 32.9 Å². The average Bonchev–Trinajstić information content (AvgIpc) is 2.37. The number of amides is 1. The molecule has 1 aromatic carbocycles. The van der Waals surface area contributed by atoms with Gasteiger partial charge >= 0.3 is 6.09 Å². The smallest absolute Gasteiger partial charge is 0.407 e. The minimum atomic E-state index is -3.41. The van der Waals surface area contributed by atoms with Gasteiger partial charge < -0.3 is 10.1 Å². The number of hydrogen-bond acceptors (Lipinski definition) is 4. The van der Waals surface area contributed by atoms with Gasteiger partial charge in [0.2, 0.25) is 10.0 Å². The summed E-state index contributed by atoms with van der Waals surface area (Å²) in [5, 5.41) is 2.65. The summed E-state index contributed by atoms with van der Waals surface area (Å²) >= 11 is 0. The van der Waals surface area contributed by atoms with E-state index in [0.717, 1.165) is 5.56 Å². The van der Waals surface area contributed by atoms with Gasteiger partial charge in [-0.15, -0.1) is 0 Å². The zero-order valence-corrected chi connectivity index (χ0v) is 13.6. The van der Waals surface area contributed by atoms with Crippen LogP contribution in [0.3, 0.4) is 0 Å². The van der Waals surface area contributed by atoms with Crippen molar-refractivity contribution in [2.75, 3.05) is 13.6 Å². The Balaban J connectivity index is 2.49. The van der Waals surface area contributed by atoms with Gasteiger partial charge in [-0.05, 0) is 51.9 Å². The molecule has 0 saturated carbocycles. The standard InChI is InChI=1S/C14H22N2O4S/c1-14(2,3)20-13(17)16-10-9-11-5-7-12(8-6-11)21(18,19)15-4/h5-8,15H,9-10H2,1-4H3,(H,16,17). The van der Waals surface area contributed by atoms with Gasteiger partial charge in [0.15, 0.2) is 0 Å². The summed E-state index contributed by atoms with van der Waals surface area (Å²) in [5.41, 5.74) is 0.411. The highest BCUT2D eigenvalue weighted by Crippen LogP contribution is 2.10. The molecule has 1 amide bonds. The minimum Gasteiger partial charge on any atom is -0.444 e. The summed E-state index contributed by atoms with van der Waals surface area (Å²) in [7, 11) is -2.04. The van der Waals surface area contributed by atoms with Crippen LogP contribution in [0.2, 0.25) is 0 Å². The molecule has 0 saturated heterocycles. The fourth-order valence-corrected chi connectivity index (χ4v) is 2.31. The van der Waals surface area contributed by atoms with Crippen molar-refractivity contribution in [1.29, 1.82) is 0 Å². The Morgan fingerprint density at radius 1 is 1.19 bits per heavy atom. The Labute approximate surface area is 125 Å². The molecule has 118 valence electrons. The van der Waals surface area contributed by atoms with Crippen molar-refractivity contribution in [2.45, 2.75) is 37.7 Å². The molecule has 0 radical (unpaired) electrons. The summed E-state index contributed by atoms with van der Waals surface area (Å²) in [5.74, 6) is 0. The maximum absolute atomic E-state index is 11.6. The average molecular weight is 314 g/mol. The predicted molar refractivity (Wildman–Crippen MR) is 80.6 cm³/mol. The van der Waals surface area contributed by atoms with Gasteiger partial charge in [0, 0.05) is 6.54 Å². The van der Waals surface area contributed by atoms with Crippen LogP contribution in [-0.2, 0) is 21.2 Å². The molecule has 0 fully saturated rings. The first kappa shape index (κ1) is 17.5. The Hall–Kier alpha value is -1.60. The number of carbonyl (C=O) groups is 1. The van der Waals surface area contributed by atoms with Gasteiger partial charge in [-0.25, -0.2) is 17.9 Å². The molecule has 21 heavy (non-hydrogen) atoms. The van der Waals surface area contributed by atoms with Crippen molar-refractivity contribution in [3.63, 3.8) is 0 Å². The first-order chi connectivity index (χ1) is 9.64. The lowest BCUT2D eigenvalue weighted by atomic mass is 10.1. The third-order valence-electron chi connectivity index (χ3n) is 2.58. The highest BCUT2D eigenvalue weighted by molar-refractivity contribution is 7.89. The first-order valence-corrected chi connectivity index (χ1v) is 8.12. The van der Waals surface area contributed by atoms with E-state index in [-0.39, 0.29) is 4.90 Å². The molecule has 0 aliphatic carbocycles. The van der Waals surface area contributed by atoms with E-state index in [4.69, 9.17) is 4.74 Å². The largest absolute Gasteiger partial charge is 0.444 e. The third kappa shape index (κ3) is 6.14. The van der Waals surface area contributed by atoms with Crippen molar-refractivity contribution >= 4 is 16.1 Å². The maximum Gasteiger partial charge on any atom is 0.407 e. The molecule has 7 heteroatoms. The van der Waals surface area contributed by atoms with Gasteiger partial charge in [-0.1, -0.05) is 12.1 Å². The molecule has 6 nitrogen and oxygen atoms in total. The molecule has 2 N–H and O–H groups in total. The number of carbonyl (C=O) groups excluding carboxylic acids is 1. The van der Waals surface area contributed by atoms with E-state index < -0.39 is 21.7 Å². The summed E-state index contributed by atoms with van der Waals surface area (Å²) in [6, 6.07) is 6.52. The molecular formula is C14H22N2O4S. The number of nitrogens with one attached hydrogen (secondary N) is 2. The monoisotopic (exact) mass is 314 g/mol. The number of hydrogen-bond donors (Lipinski definition) is 2. The lowest BCUT2D eigenvalue weighted by Crippen LogP contribution is -2.33. The van der Waals surface area contributed by atoms with E-state index in [1.807, 2.05) is 0 Å². The molecule has 1 rings (SSSR count). The number of alkyl carbamates (subject to hydrolysis) is 1. The van der Waals surface area contributed by atoms with Crippen LogP contribution in [0.1, 0.15) is 26.3 Å². The van der Waals surface area contributed by atoms with Crippen LogP contribution in [-0.4, -0.2) is 33.7 Å². The topological polar surface area (TPSA) is 84.5 Å². The Morgan fingerprint density at radius 2 is 1.76 bits per heavy atom. The van der Waals surface area contributed by atoms with Crippen molar-refractivity contribution in [2.24, 2.45) is 0 Å². The Morgan fingerprint density at radius 3 is 2.24 bits per heavy atom. The minimum absolute atomic E-state index is 0.217. The van der Waals surface area contributed by atoms with Crippen LogP contribution in [0.5, 0.6) is 0 Å². The van der Waals surface area contributed by atoms with Crippen molar-refractivity contribution in [3.05, 3.63) is 29.8 Å². The number of ether oxygens (including phenoxy) is 1. The normalized spacial score (nSPS) is 12.0. The van der Waals surface area contributed by atoms with Gasteiger partial charge in [-0.3, -0.25) is 0 Å². The molecule has 0 aliphatic heterocycles. The predicted octanol–water partition coefficient (Wildman–Crippen LogP) is 1.66. The van der Waals surface area contributed by atoms with Crippen LogP contribution in [0.15, 0.2) is 29.2 Å². The summed E-state index contributed by atoms with van der Waals surface area (Å²) < 4.78 is 30.5. The lowest BCUT2D eigenvalue weighted by molar-refractivity contribution is 0.0528. The number of benzene rings is 1. The fraction of sp³-hybridized carbons (Fsp3) is 0.500. The Bertz CT molecular complexity index is 574. The fourth-order valence-electron chi connectivity index (χ4n) is 1.58. The van der Waals surface area contributed by atoms with Crippen molar-refractivity contribution in [1.82, 2.24) is 10.0 Å². The molecule has 0 aromatic heterocycles. The molecule has 0 atom stereocenters. The summed E-state index contributed by atoms with van der Waals surface area (Å²) in [6.45, 7) is 5.82. The van der Waals surface area contributed by atoms with E-state index in [9.17, 15) is 13.2 Å². The van der Waals surface area contributed by atoms with Gasteiger partial charge in [0.1, 0.15) is 5.60 Å². The summed E-state index contributed by atoms with van der Waals surface area (Å²) in [6.07, 6.45) is 0.135. The van der Waals surface area contributed by atoms with Crippen molar-refractivity contribution in [3.8, 4) is 0 Å². The van der Waals surface area contributed by atoms with Crippen LogP contribution in [0, 0.1) is 0 Å². The zero-order valence-electron chi connectivity index (χ0n) is 12.8. The molecule has 0 bridgehead atoms. The second-order valence-corrected chi connectivity index (χ2v) is 7.42. The van der Waals surface area contributed by atoms with Crippen LogP contribution < -0.4 is 10.0 Å². The SMILES string of the molecule is CNS(=O)(=O)c1ccc(CCNC(=O)OC(C)(C)C)cc1. The van der Waals surface area contributed by atoms with Crippen LogP contribution in [0.4, 0.5) is 4.79 Å². The second kappa shape index (κ2) is 6.91.